The van der Waals surface area contributed by atoms with E-state index in [0.29, 0.717) is 26.1 Å². The summed E-state index contributed by atoms with van der Waals surface area (Å²) in [7, 11) is 0. The van der Waals surface area contributed by atoms with Crippen LogP contribution >= 0.6 is 11.3 Å². The van der Waals surface area contributed by atoms with Gasteiger partial charge < -0.3 is 9.80 Å². The number of hydrogen-bond donors (Lipinski definition) is 0. The summed E-state index contributed by atoms with van der Waals surface area (Å²) in [4.78, 5) is 33.8. The molecule has 1 fully saturated rings. The van der Waals surface area contributed by atoms with Gasteiger partial charge in [0, 0.05) is 44.0 Å². The first kappa shape index (κ1) is 24.0. The van der Waals surface area contributed by atoms with Crippen molar-refractivity contribution < 1.29 is 9.59 Å². The molecule has 0 bridgehead atoms. The maximum absolute atomic E-state index is 13.4. The van der Waals surface area contributed by atoms with Gasteiger partial charge >= 0.3 is 0 Å². The maximum Gasteiger partial charge on any atom is 0.236 e. The number of rotatable bonds is 4. The number of aryl methyl sites for hydroxylation is 1. The van der Waals surface area contributed by atoms with Crippen molar-refractivity contribution in [2.45, 2.75) is 53.0 Å². The molecule has 0 unspecified atom stereocenters. The zero-order chi connectivity index (χ0) is 23.6. The lowest BCUT2D eigenvalue weighted by atomic mass is 9.90. The number of thiophene rings is 1. The SMILES string of the molecule is Cc1ccccc1[C@@H]1c2ccsc2CCN1CC(=O)N1CCCN(C(=O)CC(C)(C)C)CC1. The number of amides is 2. The molecule has 178 valence electrons. The molecule has 33 heavy (non-hydrogen) atoms. The summed E-state index contributed by atoms with van der Waals surface area (Å²) in [5.41, 5.74) is 3.89. The fourth-order valence-corrected chi connectivity index (χ4v) is 5.96. The molecule has 0 aliphatic carbocycles. The first-order chi connectivity index (χ1) is 15.7. The number of benzene rings is 1. The highest BCUT2D eigenvalue weighted by molar-refractivity contribution is 7.10. The first-order valence-corrected chi connectivity index (χ1v) is 13.0. The van der Waals surface area contributed by atoms with Crippen LogP contribution in [0.2, 0.25) is 0 Å². The van der Waals surface area contributed by atoms with Gasteiger partial charge in [0.25, 0.3) is 0 Å². The Bertz CT molecular complexity index is 993. The number of nitrogens with zero attached hydrogens (tertiary/aromatic N) is 3. The Balaban J connectivity index is 1.45. The van der Waals surface area contributed by atoms with Crippen molar-refractivity contribution in [2.75, 3.05) is 39.3 Å². The minimum atomic E-state index is -0.0156. The van der Waals surface area contributed by atoms with Gasteiger partial charge in [-0.05, 0) is 53.3 Å². The lowest BCUT2D eigenvalue weighted by Crippen LogP contribution is -2.45. The van der Waals surface area contributed by atoms with Gasteiger partial charge in [-0.15, -0.1) is 11.3 Å². The molecule has 2 amide bonds. The second-order valence-electron chi connectivity index (χ2n) is 10.6. The first-order valence-electron chi connectivity index (χ1n) is 12.1. The molecule has 2 aliphatic rings. The van der Waals surface area contributed by atoms with E-state index >= 15 is 0 Å². The summed E-state index contributed by atoms with van der Waals surface area (Å²) in [6.07, 6.45) is 2.39. The van der Waals surface area contributed by atoms with E-state index in [0.717, 1.165) is 32.5 Å². The third kappa shape index (κ3) is 5.67. The average molecular weight is 468 g/mol. The lowest BCUT2D eigenvalue weighted by molar-refractivity contribution is -0.135. The van der Waals surface area contributed by atoms with Crippen LogP contribution in [0, 0.1) is 12.3 Å². The minimum Gasteiger partial charge on any atom is -0.341 e. The normalized spacial score (nSPS) is 19.8. The van der Waals surface area contributed by atoms with Crippen LogP contribution in [-0.2, 0) is 16.0 Å². The van der Waals surface area contributed by atoms with Crippen molar-refractivity contribution >= 4 is 23.2 Å². The fraction of sp³-hybridized carbons (Fsp3) is 0.556. The van der Waals surface area contributed by atoms with Crippen LogP contribution in [-0.4, -0.2) is 65.8 Å². The van der Waals surface area contributed by atoms with E-state index < -0.39 is 0 Å². The molecule has 1 atom stereocenters. The molecule has 2 aromatic rings. The topological polar surface area (TPSA) is 43.9 Å². The van der Waals surface area contributed by atoms with Gasteiger partial charge in [0.2, 0.25) is 11.8 Å². The van der Waals surface area contributed by atoms with Crippen LogP contribution in [0.1, 0.15) is 61.2 Å². The smallest absolute Gasteiger partial charge is 0.236 e. The fourth-order valence-electron chi connectivity index (χ4n) is 5.05. The van der Waals surface area contributed by atoms with Crippen LogP contribution in [0.3, 0.4) is 0 Å². The molecule has 6 heteroatoms. The van der Waals surface area contributed by atoms with E-state index in [9.17, 15) is 9.59 Å². The summed E-state index contributed by atoms with van der Waals surface area (Å²) < 4.78 is 0. The molecule has 1 aromatic carbocycles. The molecular formula is C27H37N3O2S. The van der Waals surface area contributed by atoms with Crippen molar-refractivity contribution in [3.8, 4) is 0 Å². The lowest BCUT2D eigenvalue weighted by Gasteiger charge is -2.37. The summed E-state index contributed by atoms with van der Waals surface area (Å²) in [5.74, 6) is 0.384. The molecule has 0 radical (unpaired) electrons. The molecule has 0 N–H and O–H groups in total. The van der Waals surface area contributed by atoms with E-state index in [2.05, 4.69) is 68.3 Å². The van der Waals surface area contributed by atoms with Crippen molar-refractivity contribution in [3.63, 3.8) is 0 Å². The molecule has 1 saturated heterocycles. The number of carbonyl (C=O) groups is 2. The highest BCUT2D eigenvalue weighted by Gasteiger charge is 2.33. The van der Waals surface area contributed by atoms with Crippen LogP contribution in [0.25, 0.3) is 0 Å². The molecule has 0 saturated carbocycles. The molecule has 0 spiro atoms. The summed E-state index contributed by atoms with van der Waals surface area (Å²) >= 11 is 1.83. The van der Waals surface area contributed by atoms with Gasteiger partial charge in [0.15, 0.2) is 0 Å². The van der Waals surface area contributed by atoms with Crippen LogP contribution in [0.15, 0.2) is 35.7 Å². The van der Waals surface area contributed by atoms with E-state index in [-0.39, 0.29) is 23.3 Å². The molecule has 2 aliphatic heterocycles. The number of hydrogen-bond acceptors (Lipinski definition) is 4. The van der Waals surface area contributed by atoms with E-state index in [1.807, 2.05) is 21.1 Å². The Morgan fingerprint density at radius 1 is 0.939 bits per heavy atom. The number of carbonyl (C=O) groups excluding carboxylic acids is 2. The van der Waals surface area contributed by atoms with Gasteiger partial charge in [-0.2, -0.15) is 0 Å². The van der Waals surface area contributed by atoms with Crippen LogP contribution < -0.4 is 0 Å². The summed E-state index contributed by atoms with van der Waals surface area (Å²) in [5, 5.41) is 2.18. The Kier molecular flexibility index (Phi) is 7.25. The predicted molar refractivity (Wildman–Crippen MR) is 134 cm³/mol. The quantitative estimate of drug-likeness (QED) is 0.665. The Labute approximate surface area is 202 Å². The Hall–Kier alpha value is -2.18. The van der Waals surface area contributed by atoms with Gasteiger partial charge in [0.1, 0.15) is 0 Å². The van der Waals surface area contributed by atoms with E-state index in [1.165, 1.54) is 21.6 Å². The average Bonchev–Trinajstić information content (AvgIpc) is 3.08. The summed E-state index contributed by atoms with van der Waals surface area (Å²) in [6, 6.07) is 10.9. The highest BCUT2D eigenvalue weighted by atomic mass is 32.1. The Morgan fingerprint density at radius 3 is 2.33 bits per heavy atom. The third-order valence-corrected chi connectivity index (χ3v) is 7.77. The van der Waals surface area contributed by atoms with E-state index in [4.69, 9.17) is 0 Å². The van der Waals surface area contributed by atoms with Crippen molar-refractivity contribution in [2.24, 2.45) is 5.41 Å². The second-order valence-corrected chi connectivity index (χ2v) is 11.6. The van der Waals surface area contributed by atoms with Crippen LogP contribution in [0.5, 0.6) is 0 Å². The molecular weight excluding hydrogens is 430 g/mol. The maximum atomic E-state index is 13.4. The zero-order valence-corrected chi connectivity index (χ0v) is 21.3. The second kappa shape index (κ2) is 9.98. The molecule has 4 rings (SSSR count). The zero-order valence-electron chi connectivity index (χ0n) is 20.5. The number of fused-ring (bicyclic) bond motifs is 1. The summed E-state index contributed by atoms with van der Waals surface area (Å²) in [6.45, 7) is 12.5. The Morgan fingerprint density at radius 2 is 1.64 bits per heavy atom. The molecule has 1 aromatic heterocycles. The molecule has 3 heterocycles. The minimum absolute atomic E-state index is 0.0156. The van der Waals surface area contributed by atoms with Crippen molar-refractivity contribution in [3.05, 3.63) is 57.3 Å². The molecule has 5 nitrogen and oxygen atoms in total. The van der Waals surface area contributed by atoms with Crippen molar-refractivity contribution in [1.29, 1.82) is 0 Å². The van der Waals surface area contributed by atoms with Gasteiger partial charge in [-0.1, -0.05) is 45.0 Å². The van der Waals surface area contributed by atoms with Crippen LogP contribution in [0.4, 0.5) is 0 Å². The monoisotopic (exact) mass is 467 g/mol. The highest BCUT2D eigenvalue weighted by Crippen LogP contribution is 2.38. The third-order valence-electron chi connectivity index (χ3n) is 6.77. The largest absolute Gasteiger partial charge is 0.341 e. The van der Waals surface area contributed by atoms with Gasteiger partial charge in [-0.3, -0.25) is 14.5 Å². The van der Waals surface area contributed by atoms with E-state index in [1.54, 1.807) is 0 Å². The predicted octanol–water partition coefficient (Wildman–Crippen LogP) is 4.50. The van der Waals surface area contributed by atoms with Gasteiger partial charge in [-0.25, -0.2) is 0 Å². The van der Waals surface area contributed by atoms with Gasteiger partial charge in [0.05, 0.1) is 12.6 Å². The standard InChI is InChI=1S/C27H37N3O2S/c1-20-8-5-6-9-21(20)26-22-11-17-33-23(22)10-14-30(26)19-25(32)29-13-7-12-28(15-16-29)24(31)18-27(2,3)4/h5-6,8-9,11,17,26H,7,10,12-16,18-19H2,1-4H3/t26-/m1/s1. The van der Waals surface area contributed by atoms with Crippen molar-refractivity contribution in [1.82, 2.24) is 14.7 Å².